The van der Waals surface area contributed by atoms with E-state index in [-0.39, 0.29) is 28.3 Å². The number of hydrogen-bond acceptors (Lipinski definition) is 9. The van der Waals surface area contributed by atoms with Crippen molar-refractivity contribution in [3.8, 4) is 11.5 Å². The van der Waals surface area contributed by atoms with Gasteiger partial charge in [0.15, 0.2) is 5.13 Å². The lowest BCUT2D eigenvalue weighted by atomic mass is 9.94. The van der Waals surface area contributed by atoms with Crippen molar-refractivity contribution in [2.75, 3.05) is 11.5 Å². The van der Waals surface area contributed by atoms with Crippen LogP contribution < -0.4 is 14.4 Å². The van der Waals surface area contributed by atoms with Crippen molar-refractivity contribution in [1.29, 1.82) is 0 Å². The van der Waals surface area contributed by atoms with Gasteiger partial charge in [0.1, 0.15) is 23.4 Å². The number of benzene rings is 3. The normalized spacial score (nSPS) is 19.6. The number of thiazole rings is 1. The SMILES string of the molecule is CCOc1ccc2nc(N3C(=O)C(=O)C(=C(O)c4ccc5c(c4)C[C@H](C)O5)[C@H]3c3cccc([N+](=O)[O-])c3)sc2c1. The minimum atomic E-state index is -1.14. The zero-order valence-electron chi connectivity index (χ0n) is 21.5. The molecule has 2 aliphatic rings. The zero-order valence-corrected chi connectivity index (χ0v) is 22.3. The van der Waals surface area contributed by atoms with Crippen LogP contribution in [-0.2, 0) is 16.0 Å². The van der Waals surface area contributed by atoms with Crippen molar-refractivity contribution < 1.29 is 29.1 Å². The first kappa shape index (κ1) is 25.5. The molecule has 3 aromatic carbocycles. The van der Waals surface area contributed by atoms with Gasteiger partial charge in [-0.2, -0.15) is 0 Å². The average molecular weight is 558 g/mol. The lowest BCUT2D eigenvalue weighted by Crippen LogP contribution is -2.29. The van der Waals surface area contributed by atoms with Crippen molar-refractivity contribution in [1.82, 2.24) is 4.98 Å². The summed E-state index contributed by atoms with van der Waals surface area (Å²) in [5, 5.41) is 23.3. The molecule has 1 amide bonds. The molecule has 2 aliphatic heterocycles. The number of hydrogen-bond donors (Lipinski definition) is 1. The number of ether oxygens (including phenoxy) is 2. The maximum absolute atomic E-state index is 13.6. The second-order valence-corrected chi connectivity index (χ2v) is 10.5. The first-order valence-electron chi connectivity index (χ1n) is 12.6. The Kier molecular flexibility index (Phi) is 6.22. The zero-order chi connectivity index (χ0) is 28.1. The number of aliphatic hydroxyl groups is 1. The maximum atomic E-state index is 13.6. The lowest BCUT2D eigenvalue weighted by molar-refractivity contribution is -0.384. The third-order valence-electron chi connectivity index (χ3n) is 6.88. The summed E-state index contributed by atoms with van der Waals surface area (Å²) in [6, 6.07) is 14.9. The van der Waals surface area contributed by atoms with Gasteiger partial charge in [0.25, 0.3) is 11.5 Å². The molecule has 0 aliphatic carbocycles. The number of ketones is 1. The van der Waals surface area contributed by atoms with Gasteiger partial charge in [-0.25, -0.2) is 4.98 Å². The molecule has 11 heteroatoms. The highest BCUT2D eigenvalue weighted by Gasteiger charge is 2.48. The van der Waals surface area contributed by atoms with Gasteiger partial charge in [-0.3, -0.25) is 24.6 Å². The fourth-order valence-electron chi connectivity index (χ4n) is 5.13. The number of carbonyl (C=O) groups excluding carboxylic acids is 2. The Labute approximate surface area is 232 Å². The van der Waals surface area contributed by atoms with Gasteiger partial charge in [0, 0.05) is 24.1 Å². The number of amides is 1. The topological polar surface area (TPSA) is 132 Å². The summed E-state index contributed by atoms with van der Waals surface area (Å²) < 4.78 is 12.1. The van der Waals surface area contributed by atoms with Crippen molar-refractivity contribution in [2.24, 2.45) is 0 Å². The quantitative estimate of drug-likeness (QED) is 0.107. The van der Waals surface area contributed by atoms with E-state index in [1.54, 1.807) is 42.5 Å². The monoisotopic (exact) mass is 557 g/mol. The molecule has 1 saturated heterocycles. The standard InChI is InChI=1S/C29H23N3O7S/c1-3-38-20-8-9-21-23(14-20)40-29(30-21)31-25(16-5-4-6-19(13-16)32(36)37)24(27(34)28(31)35)26(33)17-7-10-22-18(12-17)11-15(2)39-22/h4-10,12-15,25,33H,3,11H2,1-2H3/t15-,25+/m0/s1. The van der Waals surface area contributed by atoms with E-state index in [9.17, 15) is 24.8 Å². The molecule has 0 unspecified atom stereocenters. The highest BCUT2D eigenvalue weighted by Crippen LogP contribution is 2.45. The number of nitrogens with zero attached hydrogens (tertiary/aromatic N) is 3. The smallest absolute Gasteiger partial charge is 0.301 e. The molecule has 0 radical (unpaired) electrons. The molecule has 1 N–H and O–H groups in total. The molecule has 0 spiro atoms. The Hall–Kier alpha value is -4.77. The number of Topliss-reactive ketones (excluding diaryl/α,β-unsaturated/α-hetero) is 1. The van der Waals surface area contributed by atoms with Crippen LogP contribution in [0.3, 0.4) is 0 Å². The molecule has 1 aromatic heterocycles. The molecule has 4 aromatic rings. The minimum Gasteiger partial charge on any atom is -0.507 e. The van der Waals surface area contributed by atoms with Gasteiger partial charge in [-0.05, 0) is 61.4 Å². The third-order valence-corrected chi connectivity index (χ3v) is 7.89. The van der Waals surface area contributed by atoms with Crippen LogP contribution in [-0.4, -0.2) is 39.4 Å². The predicted octanol–water partition coefficient (Wildman–Crippen LogP) is 5.55. The van der Waals surface area contributed by atoms with Crippen molar-refractivity contribution >= 4 is 49.8 Å². The van der Waals surface area contributed by atoms with E-state index in [0.717, 1.165) is 10.3 Å². The van der Waals surface area contributed by atoms with Gasteiger partial charge in [-0.1, -0.05) is 23.5 Å². The van der Waals surface area contributed by atoms with Crippen molar-refractivity contribution in [3.63, 3.8) is 0 Å². The summed E-state index contributed by atoms with van der Waals surface area (Å²) in [7, 11) is 0. The minimum absolute atomic E-state index is 0.0230. The number of fused-ring (bicyclic) bond motifs is 2. The first-order valence-corrected chi connectivity index (χ1v) is 13.5. The van der Waals surface area contributed by atoms with Crippen LogP contribution in [0.2, 0.25) is 0 Å². The summed E-state index contributed by atoms with van der Waals surface area (Å²) in [6.45, 7) is 4.28. The van der Waals surface area contributed by atoms with Crippen LogP contribution in [0, 0.1) is 10.1 Å². The van der Waals surface area contributed by atoms with Crippen molar-refractivity contribution in [2.45, 2.75) is 32.4 Å². The second kappa shape index (κ2) is 9.76. The molecular weight excluding hydrogens is 534 g/mol. The molecule has 6 rings (SSSR count). The number of rotatable bonds is 6. The first-order chi connectivity index (χ1) is 19.2. The lowest BCUT2D eigenvalue weighted by Gasteiger charge is -2.22. The van der Waals surface area contributed by atoms with Crippen LogP contribution in [0.25, 0.3) is 16.0 Å². The van der Waals surface area contributed by atoms with Gasteiger partial charge >= 0.3 is 5.91 Å². The van der Waals surface area contributed by atoms with Crippen molar-refractivity contribution in [3.05, 3.63) is 93.0 Å². The van der Waals surface area contributed by atoms with E-state index in [4.69, 9.17) is 9.47 Å². The van der Waals surface area contributed by atoms with Crippen LogP contribution in [0.4, 0.5) is 10.8 Å². The summed E-state index contributed by atoms with van der Waals surface area (Å²) in [4.78, 5) is 43.9. The Bertz CT molecular complexity index is 1740. The van der Waals surface area contributed by atoms with Gasteiger partial charge < -0.3 is 14.6 Å². The van der Waals surface area contributed by atoms with Crippen LogP contribution in [0.1, 0.15) is 36.6 Å². The molecule has 2 atom stereocenters. The number of carbonyl (C=O) groups is 2. The van der Waals surface area contributed by atoms with E-state index in [1.165, 1.54) is 34.4 Å². The Morgan fingerprint density at radius 1 is 1.20 bits per heavy atom. The molecule has 10 nitrogen and oxygen atoms in total. The summed E-state index contributed by atoms with van der Waals surface area (Å²) in [5.74, 6) is -0.842. The van der Waals surface area contributed by atoms with Crippen LogP contribution >= 0.6 is 11.3 Å². The summed E-state index contributed by atoms with van der Waals surface area (Å²) in [5.41, 5.74) is 1.71. The highest BCUT2D eigenvalue weighted by molar-refractivity contribution is 7.22. The molecular formula is C29H23N3O7S. The van der Waals surface area contributed by atoms with Crippen LogP contribution in [0.5, 0.6) is 11.5 Å². The van der Waals surface area contributed by atoms with E-state index >= 15 is 0 Å². The number of nitro groups is 1. The predicted molar refractivity (Wildman–Crippen MR) is 149 cm³/mol. The Morgan fingerprint density at radius 3 is 2.80 bits per heavy atom. The Morgan fingerprint density at radius 2 is 2.02 bits per heavy atom. The average Bonchev–Trinajstić information content (AvgIpc) is 3.60. The number of anilines is 1. The molecule has 202 valence electrons. The highest BCUT2D eigenvalue weighted by atomic mass is 32.1. The summed E-state index contributed by atoms with van der Waals surface area (Å²) >= 11 is 1.18. The fraction of sp³-hybridized carbons (Fsp3) is 0.207. The number of non-ortho nitro benzene ring substituents is 1. The molecule has 0 bridgehead atoms. The Balaban J connectivity index is 1.53. The largest absolute Gasteiger partial charge is 0.507 e. The number of aliphatic hydroxyl groups excluding tert-OH is 1. The van der Waals surface area contributed by atoms with E-state index in [0.29, 0.717) is 41.2 Å². The molecule has 3 heterocycles. The second-order valence-electron chi connectivity index (χ2n) is 9.54. The van der Waals surface area contributed by atoms with E-state index in [2.05, 4.69) is 4.98 Å². The molecule has 0 saturated carbocycles. The molecule has 40 heavy (non-hydrogen) atoms. The summed E-state index contributed by atoms with van der Waals surface area (Å²) in [6.07, 6.45) is 0.610. The maximum Gasteiger partial charge on any atom is 0.301 e. The van der Waals surface area contributed by atoms with E-state index in [1.807, 2.05) is 13.8 Å². The third kappa shape index (κ3) is 4.24. The van der Waals surface area contributed by atoms with Crippen LogP contribution in [0.15, 0.2) is 66.2 Å². The fourth-order valence-corrected chi connectivity index (χ4v) is 6.15. The van der Waals surface area contributed by atoms with Gasteiger partial charge in [0.05, 0.1) is 33.4 Å². The van der Waals surface area contributed by atoms with Gasteiger partial charge in [-0.15, -0.1) is 0 Å². The number of nitro benzene ring substituents is 1. The molecule has 1 fully saturated rings. The van der Waals surface area contributed by atoms with E-state index < -0.39 is 22.7 Å². The van der Waals surface area contributed by atoms with Gasteiger partial charge in [0.2, 0.25) is 0 Å². The number of aromatic nitrogens is 1.